The number of thiophene rings is 2. The zero-order chi connectivity index (χ0) is 20.0. The maximum Gasteiger partial charge on any atom is 0.349 e. The summed E-state index contributed by atoms with van der Waals surface area (Å²) in [5, 5.41) is 23.0. The lowest BCUT2D eigenvalue weighted by atomic mass is 10.1. The van der Waals surface area contributed by atoms with E-state index in [-0.39, 0.29) is 21.9 Å². The highest BCUT2D eigenvalue weighted by atomic mass is 32.1. The number of esters is 1. The minimum atomic E-state index is -1.19. The van der Waals surface area contributed by atoms with Gasteiger partial charge in [-0.25, -0.2) is 9.59 Å². The van der Waals surface area contributed by atoms with E-state index in [2.05, 4.69) is 0 Å². The summed E-state index contributed by atoms with van der Waals surface area (Å²) >= 11 is 2.28. The zero-order valence-electron chi connectivity index (χ0n) is 14.3. The number of carbonyl (C=O) groups is 2. The average Bonchev–Trinajstić information content (AvgIpc) is 3.22. The van der Waals surface area contributed by atoms with Crippen LogP contribution in [0.15, 0.2) is 41.8 Å². The molecule has 7 nitrogen and oxygen atoms in total. The SMILES string of the molecule is Cc1ccc2sc(C(=O)O)c(OC(=O)c3csc4ccc([N+](=O)[O-])cc34)c2c1. The summed E-state index contributed by atoms with van der Waals surface area (Å²) in [5.41, 5.74) is 0.922. The first kappa shape index (κ1) is 18.1. The minimum Gasteiger partial charge on any atom is -0.477 e. The van der Waals surface area contributed by atoms with Crippen molar-refractivity contribution >= 4 is 60.5 Å². The van der Waals surface area contributed by atoms with Gasteiger partial charge < -0.3 is 9.84 Å². The zero-order valence-corrected chi connectivity index (χ0v) is 15.9. The lowest BCUT2D eigenvalue weighted by molar-refractivity contribution is -0.384. The third kappa shape index (κ3) is 3.00. The molecule has 4 aromatic rings. The molecule has 140 valence electrons. The molecule has 0 aliphatic carbocycles. The number of hydrogen-bond acceptors (Lipinski definition) is 7. The Morgan fingerprint density at radius 1 is 1.11 bits per heavy atom. The van der Waals surface area contributed by atoms with Crippen molar-refractivity contribution in [2.45, 2.75) is 6.92 Å². The highest BCUT2D eigenvalue weighted by Crippen LogP contribution is 2.39. The van der Waals surface area contributed by atoms with E-state index in [1.54, 1.807) is 23.6 Å². The second-order valence-electron chi connectivity index (χ2n) is 6.04. The standard InChI is InChI=1S/C19H11NO6S2/c1-9-2-4-15-12(6-9)16(17(28-15)18(21)22)26-19(23)13-8-27-14-5-3-10(20(24)25)7-11(13)14/h2-8H,1H3,(H,21,22). The topological polar surface area (TPSA) is 107 Å². The van der Waals surface area contributed by atoms with Crippen molar-refractivity contribution in [2.24, 2.45) is 0 Å². The molecule has 0 spiro atoms. The van der Waals surface area contributed by atoms with Crippen molar-refractivity contribution in [3.8, 4) is 5.75 Å². The van der Waals surface area contributed by atoms with E-state index < -0.39 is 16.9 Å². The van der Waals surface area contributed by atoms with E-state index >= 15 is 0 Å². The number of carboxylic acids is 1. The molecule has 0 atom stereocenters. The first-order chi connectivity index (χ1) is 13.3. The maximum absolute atomic E-state index is 12.8. The lowest BCUT2D eigenvalue weighted by Gasteiger charge is -2.05. The van der Waals surface area contributed by atoms with Gasteiger partial charge in [0.1, 0.15) is 0 Å². The minimum absolute atomic E-state index is 0.00835. The Morgan fingerprint density at radius 2 is 1.86 bits per heavy atom. The van der Waals surface area contributed by atoms with Crippen LogP contribution in [0.1, 0.15) is 25.6 Å². The molecule has 0 bridgehead atoms. The Balaban J connectivity index is 1.81. The lowest BCUT2D eigenvalue weighted by Crippen LogP contribution is -2.10. The highest BCUT2D eigenvalue weighted by molar-refractivity contribution is 7.21. The maximum atomic E-state index is 12.8. The molecule has 2 heterocycles. The van der Waals surface area contributed by atoms with E-state index in [0.717, 1.165) is 16.9 Å². The van der Waals surface area contributed by atoms with Gasteiger partial charge in [-0.1, -0.05) is 11.6 Å². The van der Waals surface area contributed by atoms with Gasteiger partial charge in [-0.05, 0) is 25.1 Å². The Labute approximate surface area is 165 Å². The fourth-order valence-electron chi connectivity index (χ4n) is 2.87. The molecule has 1 N–H and O–H groups in total. The number of aromatic carboxylic acids is 1. The number of nitro benzene ring substituents is 1. The quantitative estimate of drug-likeness (QED) is 0.278. The number of nitro groups is 1. The third-order valence-electron chi connectivity index (χ3n) is 4.17. The van der Waals surface area contributed by atoms with E-state index in [1.165, 1.54) is 23.5 Å². The summed E-state index contributed by atoms with van der Waals surface area (Å²) in [6.45, 7) is 1.86. The predicted octanol–water partition coefficient (Wildman–Crippen LogP) is 5.25. The summed E-state index contributed by atoms with van der Waals surface area (Å²) < 4.78 is 6.88. The first-order valence-corrected chi connectivity index (χ1v) is 9.69. The van der Waals surface area contributed by atoms with Crippen LogP contribution in [0, 0.1) is 17.0 Å². The van der Waals surface area contributed by atoms with Gasteiger partial charge in [0.15, 0.2) is 10.6 Å². The predicted molar refractivity (Wildman–Crippen MR) is 107 cm³/mol. The van der Waals surface area contributed by atoms with Gasteiger partial charge in [-0.2, -0.15) is 0 Å². The summed E-state index contributed by atoms with van der Waals surface area (Å²) in [7, 11) is 0. The molecule has 0 fully saturated rings. The van der Waals surface area contributed by atoms with Crippen molar-refractivity contribution in [3.63, 3.8) is 0 Å². The number of carbonyl (C=O) groups excluding carboxylic acids is 1. The molecule has 0 aliphatic heterocycles. The smallest absolute Gasteiger partial charge is 0.349 e. The number of fused-ring (bicyclic) bond motifs is 2. The second-order valence-corrected chi connectivity index (χ2v) is 8.00. The van der Waals surface area contributed by atoms with Crippen LogP contribution in [-0.2, 0) is 0 Å². The van der Waals surface area contributed by atoms with Gasteiger partial charge in [0.2, 0.25) is 0 Å². The molecule has 2 aromatic carbocycles. The van der Waals surface area contributed by atoms with Crippen LogP contribution in [0.5, 0.6) is 5.75 Å². The number of nitrogens with zero attached hydrogens (tertiary/aromatic N) is 1. The molecule has 0 amide bonds. The van der Waals surface area contributed by atoms with Gasteiger partial charge in [-0.3, -0.25) is 10.1 Å². The summed E-state index contributed by atoms with van der Waals surface area (Å²) in [6, 6.07) is 9.64. The van der Waals surface area contributed by atoms with Crippen LogP contribution in [0.25, 0.3) is 20.2 Å². The van der Waals surface area contributed by atoms with Gasteiger partial charge in [0, 0.05) is 37.7 Å². The third-order valence-corrected chi connectivity index (χ3v) is 6.28. The number of carboxylic acid groups (broad SMARTS) is 1. The Morgan fingerprint density at radius 3 is 2.57 bits per heavy atom. The van der Waals surface area contributed by atoms with E-state index in [9.17, 15) is 24.8 Å². The fourth-order valence-corrected chi connectivity index (χ4v) is 4.73. The second kappa shape index (κ2) is 6.70. The van der Waals surface area contributed by atoms with Crippen LogP contribution < -0.4 is 4.74 Å². The van der Waals surface area contributed by atoms with Crippen molar-refractivity contribution in [3.05, 3.63) is 67.9 Å². The Hall–Kier alpha value is -3.30. The Bertz CT molecular complexity index is 1290. The molecule has 0 radical (unpaired) electrons. The molecule has 9 heteroatoms. The van der Waals surface area contributed by atoms with Crippen molar-refractivity contribution in [1.82, 2.24) is 0 Å². The van der Waals surface area contributed by atoms with E-state index in [1.807, 2.05) is 13.0 Å². The number of rotatable bonds is 4. The highest BCUT2D eigenvalue weighted by Gasteiger charge is 2.24. The van der Waals surface area contributed by atoms with E-state index in [4.69, 9.17) is 4.74 Å². The summed E-state index contributed by atoms with van der Waals surface area (Å²) in [5.74, 6) is -1.95. The number of benzene rings is 2. The number of non-ortho nitro benzene ring substituents is 1. The van der Waals surface area contributed by atoms with Crippen LogP contribution in [-0.4, -0.2) is 22.0 Å². The average molecular weight is 413 g/mol. The first-order valence-electron chi connectivity index (χ1n) is 7.99. The fraction of sp³-hybridized carbons (Fsp3) is 0.0526. The normalized spacial score (nSPS) is 11.0. The number of ether oxygens (including phenoxy) is 1. The van der Waals surface area contributed by atoms with Crippen LogP contribution in [0.2, 0.25) is 0 Å². The summed E-state index contributed by atoms with van der Waals surface area (Å²) in [6.07, 6.45) is 0. The number of hydrogen-bond donors (Lipinski definition) is 1. The van der Waals surface area contributed by atoms with E-state index in [0.29, 0.717) is 20.2 Å². The summed E-state index contributed by atoms with van der Waals surface area (Å²) in [4.78, 5) is 34.8. The van der Waals surface area contributed by atoms with Gasteiger partial charge >= 0.3 is 11.9 Å². The van der Waals surface area contributed by atoms with Gasteiger partial charge in [0.25, 0.3) is 5.69 Å². The molecule has 0 unspecified atom stereocenters. The molecule has 4 rings (SSSR count). The largest absolute Gasteiger partial charge is 0.477 e. The molecule has 28 heavy (non-hydrogen) atoms. The number of aryl methyl sites for hydroxylation is 1. The Kier molecular flexibility index (Phi) is 4.33. The monoisotopic (exact) mass is 413 g/mol. The van der Waals surface area contributed by atoms with Gasteiger partial charge in [0.05, 0.1) is 10.5 Å². The van der Waals surface area contributed by atoms with Crippen molar-refractivity contribution in [1.29, 1.82) is 0 Å². The molecule has 0 saturated heterocycles. The van der Waals surface area contributed by atoms with Crippen molar-refractivity contribution in [2.75, 3.05) is 0 Å². The van der Waals surface area contributed by atoms with Crippen LogP contribution in [0.4, 0.5) is 5.69 Å². The molecular weight excluding hydrogens is 402 g/mol. The van der Waals surface area contributed by atoms with Crippen LogP contribution >= 0.6 is 22.7 Å². The molecule has 0 saturated carbocycles. The van der Waals surface area contributed by atoms with Crippen LogP contribution in [0.3, 0.4) is 0 Å². The molecule has 0 aliphatic rings. The molecular formula is C19H11NO6S2. The molecule has 2 aromatic heterocycles. The van der Waals surface area contributed by atoms with Gasteiger partial charge in [-0.15, -0.1) is 22.7 Å². The van der Waals surface area contributed by atoms with Crippen molar-refractivity contribution < 1.29 is 24.4 Å².